The van der Waals surface area contributed by atoms with Crippen molar-refractivity contribution in [3.8, 4) is 6.01 Å². The topological polar surface area (TPSA) is 106 Å². The lowest BCUT2D eigenvalue weighted by molar-refractivity contribution is 0.377. The molecule has 0 atom stereocenters. The van der Waals surface area contributed by atoms with E-state index in [-0.39, 0.29) is 12.0 Å². The van der Waals surface area contributed by atoms with Gasteiger partial charge in [-0.05, 0) is 0 Å². The van der Waals surface area contributed by atoms with Gasteiger partial charge in [-0.25, -0.2) is 10.6 Å². The Morgan fingerprint density at radius 2 is 2.36 bits per heavy atom. The Morgan fingerprint density at radius 1 is 1.64 bits per heavy atom. The van der Waals surface area contributed by atoms with Crippen molar-refractivity contribution in [2.45, 2.75) is 0 Å². The normalized spacial score (nSPS) is 9.27. The van der Waals surface area contributed by atoms with Gasteiger partial charge in [-0.2, -0.15) is 4.98 Å². The molecule has 0 radical (unpaired) electrons. The number of nitrogens with one attached hydrogen (secondary N) is 2. The Kier molecular flexibility index (Phi) is 2.02. The Labute approximate surface area is 61.6 Å². The highest BCUT2D eigenvalue weighted by atomic mass is 16.5. The molecule has 0 bridgehead atoms. The second-order valence-corrected chi connectivity index (χ2v) is 1.63. The van der Waals surface area contributed by atoms with Crippen LogP contribution in [0.25, 0.3) is 0 Å². The molecule has 1 rings (SSSR count). The number of H-pyrrole nitrogens is 1. The molecule has 1 heterocycles. The van der Waals surface area contributed by atoms with Crippen molar-refractivity contribution in [1.29, 1.82) is 0 Å². The van der Waals surface area contributed by atoms with Crippen LogP contribution in [0.15, 0.2) is 4.79 Å². The zero-order valence-corrected chi connectivity index (χ0v) is 5.79. The van der Waals surface area contributed by atoms with E-state index < -0.39 is 5.69 Å². The first-order valence-electron chi connectivity index (χ1n) is 2.75. The first-order chi connectivity index (χ1) is 5.26. The van der Waals surface area contributed by atoms with Crippen molar-refractivity contribution >= 4 is 5.95 Å². The number of anilines is 1. The van der Waals surface area contributed by atoms with Gasteiger partial charge in [-0.15, -0.1) is 4.98 Å². The molecule has 0 aliphatic rings. The molecule has 0 amide bonds. The van der Waals surface area contributed by atoms with E-state index >= 15 is 0 Å². The van der Waals surface area contributed by atoms with Crippen LogP contribution >= 0.6 is 0 Å². The molecule has 0 unspecified atom stereocenters. The average Bonchev–Trinajstić information content (AvgIpc) is 2.03. The molecule has 0 fully saturated rings. The summed E-state index contributed by atoms with van der Waals surface area (Å²) in [5, 5.41) is 0. The maximum atomic E-state index is 10.6. The molecule has 4 N–H and O–H groups in total. The van der Waals surface area contributed by atoms with Crippen molar-refractivity contribution in [3.63, 3.8) is 0 Å². The minimum atomic E-state index is -0.565. The molecule has 0 aromatic carbocycles. The monoisotopic (exact) mass is 157 g/mol. The van der Waals surface area contributed by atoms with Crippen LogP contribution in [0.3, 0.4) is 0 Å². The van der Waals surface area contributed by atoms with Gasteiger partial charge in [0.25, 0.3) is 0 Å². The lowest BCUT2D eigenvalue weighted by atomic mass is 10.9. The highest BCUT2D eigenvalue weighted by molar-refractivity contribution is 5.20. The quantitative estimate of drug-likeness (QED) is 0.355. The van der Waals surface area contributed by atoms with Gasteiger partial charge in [0.2, 0.25) is 5.95 Å². The molecular formula is C4H7N5O2. The van der Waals surface area contributed by atoms with Crippen LogP contribution in [-0.4, -0.2) is 22.1 Å². The Hall–Kier alpha value is -1.63. The second kappa shape index (κ2) is 2.97. The molecule has 0 saturated heterocycles. The number of nitrogens with two attached hydrogens (primary N) is 1. The zero-order chi connectivity index (χ0) is 8.27. The van der Waals surface area contributed by atoms with Gasteiger partial charge in [0, 0.05) is 0 Å². The summed E-state index contributed by atoms with van der Waals surface area (Å²) in [5.41, 5.74) is 1.59. The van der Waals surface area contributed by atoms with Crippen molar-refractivity contribution in [3.05, 3.63) is 10.5 Å². The third-order valence-electron chi connectivity index (χ3n) is 0.949. The van der Waals surface area contributed by atoms with Crippen LogP contribution in [-0.2, 0) is 0 Å². The van der Waals surface area contributed by atoms with Crippen LogP contribution in [0, 0.1) is 0 Å². The number of hydrogen-bond donors (Lipinski definition) is 3. The van der Waals surface area contributed by atoms with Crippen LogP contribution in [0.2, 0.25) is 0 Å². The number of nitrogen functional groups attached to an aromatic ring is 1. The summed E-state index contributed by atoms with van der Waals surface area (Å²) in [4.78, 5) is 19.9. The summed E-state index contributed by atoms with van der Waals surface area (Å²) < 4.78 is 4.60. The smallest absolute Gasteiger partial charge is 0.352 e. The summed E-state index contributed by atoms with van der Waals surface area (Å²) in [7, 11) is 1.36. The lowest BCUT2D eigenvalue weighted by Crippen LogP contribution is -2.19. The van der Waals surface area contributed by atoms with Gasteiger partial charge in [-0.1, -0.05) is 0 Å². The number of aromatic nitrogens is 3. The zero-order valence-electron chi connectivity index (χ0n) is 5.79. The van der Waals surface area contributed by atoms with Gasteiger partial charge in [0.05, 0.1) is 7.11 Å². The van der Waals surface area contributed by atoms with Crippen molar-refractivity contribution in [2.24, 2.45) is 5.84 Å². The molecule has 7 nitrogen and oxygen atoms in total. The fourth-order valence-corrected chi connectivity index (χ4v) is 0.524. The number of methoxy groups -OCH3 is 1. The number of rotatable bonds is 2. The molecular weight excluding hydrogens is 150 g/mol. The minimum Gasteiger partial charge on any atom is -0.467 e. The Morgan fingerprint density at radius 3 is 2.91 bits per heavy atom. The second-order valence-electron chi connectivity index (χ2n) is 1.63. The average molecular weight is 157 g/mol. The van der Waals surface area contributed by atoms with Gasteiger partial charge in [-0.3, -0.25) is 10.4 Å². The van der Waals surface area contributed by atoms with E-state index in [0.717, 1.165) is 0 Å². The summed E-state index contributed by atoms with van der Waals surface area (Å²) in [6, 6.07) is -0.0262. The van der Waals surface area contributed by atoms with Gasteiger partial charge >= 0.3 is 11.7 Å². The maximum absolute atomic E-state index is 10.6. The predicted molar refractivity (Wildman–Crippen MR) is 37.0 cm³/mol. The molecule has 0 saturated carbocycles. The summed E-state index contributed by atoms with van der Waals surface area (Å²) >= 11 is 0. The van der Waals surface area contributed by atoms with E-state index in [1.165, 1.54) is 7.11 Å². The minimum absolute atomic E-state index is 0.0262. The SMILES string of the molecule is COc1nc(NN)[nH]c(=O)n1. The van der Waals surface area contributed by atoms with Crippen LogP contribution in [0.4, 0.5) is 5.95 Å². The summed E-state index contributed by atoms with van der Waals surface area (Å²) in [6.45, 7) is 0. The molecule has 60 valence electrons. The lowest BCUT2D eigenvalue weighted by Gasteiger charge is -1.98. The number of hydrazine groups is 1. The fraction of sp³-hybridized carbons (Fsp3) is 0.250. The summed E-state index contributed by atoms with van der Waals surface area (Å²) in [5.74, 6) is 5.09. The molecule has 11 heavy (non-hydrogen) atoms. The number of nitrogens with zero attached hydrogens (tertiary/aromatic N) is 2. The van der Waals surface area contributed by atoms with Gasteiger partial charge in [0.15, 0.2) is 0 Å². The van der Waals surface area contributed by atoms with Crippen LogP contribution in [0.1, 0.15) is 0 Å². The highest BCUT2D eigenvalue weighted by Crippen LogP contribution is 1.97. The summed E-state index contributed by atoms with van der Waals surface area (Å²) in [6.07, 6.45) is 0. The van der Waals surface area contributed by atoms with E-state index in [1.54, 1.807) is 0 Å². The highest BCUT2D eigenvalue weighted by Gasteiger charge is 1.98. The fourth-order valence-electron chi connectivity index (χ4n) is 0.524. The molecule has 0 aliphatic carbocycles. The third kappa shape index (κ3) is 1.64. The molecule has 0 aliphatic heterocycles. The van der Waals surface area contributed by atoms with E-state index in [2.05, 4.69) is 25.1 Å². The number of ether oxygens (including phenoxy) is 1. The van der Waals surface area contributed by atoms with E-state index in [4.69, 9.17) is 5.84 Å². The number of hydrogen-bond acceptors (Lipinski definition) is 6. The predicted octanol–water partition coefficient (Wildman–Crippen LogP) is -1.54. The van der Waals surface area contributed by atoms with E-state index in [0.29, 0.717) is 0 Å². The first-order valence-corrected chi connectivity index (χ1v) is 2.75. The standard InChI is InChI=1S/C4H7N5O2/c1-11-4-7-2(9-5)6-3(10)8-4/h5H2,1H3,(H2,6,7,8,9,10). The Bertz CT molecular complexity index is 270. The van der Waals surface area contributed by atoms with Crippen molar-refractivity contribution < 1.29 is 4.74 Å². The first kappa shape index (κ1) is 7.48. The van der Waals surface area contributed by atoms with E-state index in [9.17, 15) is 4.79 Å². The third-order valence-corrected chi connectivity index (χ3v) is 0.949. The maximum Gasteiger partial charge on any atom is 0.352 e. The van der Waals surface area contributed by atoms with Crippen molar-refractivity contribution in [1.82, 2.24) is 15.0 Å². The van der Waals surface area contributed by atoms with Gasteiger partial charge in [0.1, 0.15) is 0 Å². The van der Waals surface area contributed by atoms with Crippen molar-refractivity contribution in [2.75, 3.05) is 12.5 Å². The Balaban J connectivity index is 3.12. The number of aromatic amines is 1. The van der Waals surface area contributed by atoms with Gasteiger partial charge < -0.3 is 4.74 Å². The molecule has 7 heteroatoms. The van der Waals surface area contributed by atoms with E-state index in [1.807, 2.05) is 0 Å². The molecule has 1 aromatic rings. The largest absolute Gasteiger partial charge is 0.467 e. The van der Waals surface area contributed by atoms with Crippen LogP contribution < -0.4 is 21.7 Å². The van der Waals surface area contributed by atoms with Crippen LogP contribution in [0.5, 0.6) is 6.01 Å². The molecule has 1 aromatic heterocycles. The molecule has 0 spiro atoms.